The Bertz CT molecular complexity index is 353. The van der Waals surface area contributed by atoms with E-state index in [2.05, 4.69) is 22.5 Å². The van der Waals surface area contributed by atoms with Gasteiger partial charge < -0.3 is 25.0 Å². The van der Waals surface area contributed by atoms with Crippen LogP contribution in [-0.2, 0) is 9.47 Å². The molecule has 0 rings (SSSR count). The van der Waals surface area contributed by atoms with Gasteiger partial charge in [-0.2, -0.15) is 0 Å². The lowest BCUT2D eigenvalue weighted by Gasteiger charge is -2.26. The minimum Gasteiger partial charge on any atom is -0.444 e. The highest BCUT2D eigenvalue weighted by molar-refractivity contribution is 5.79. The quantitative estimate of drug-likeness (QED) is 0.421. The van der Waals surface area contributed by atoms with Crippen molar-refractivity contribution in [3.05, 3.63) is 0 Å². The van der Waals surface area contributed by atoms with Crippen LogP contribution in [0.2, 0.25) is 0 Å². The molecule has 0 aromatic rings. The number of rotatable bonds is 7. The van der Waals surface area contributed by atoms with Crippen LogP contribution in [0, 0.1) is 5.92 Å². The average Bonchev–Trinajstić information content (AvgIpc) is 2.40. The van der Waals surface area contributed by atoms with Crippen molar-refractivity contribution in [3.63, 3.8) is 0 Å². The number of guanidine groups is 1. The van der Waals surface area contributed by atoms with Crippen LogP contribution in [-0.4, -0.2) is 70.0 Å². The summed E-state index contributed by atoms with van der Waals surface area (Å²) in [6, 6.07) is 0. The maximum atomic E-state index is 11.9. The minimum absolute atomic E-state index is 0.262. The molecule has 0 saturated heterocycles. The predicted octanol–water partition coefficient (Wildman–Crippen LogP) is 1.30. The van der Waals surface area contributed by atoms with Gasteiger partial charge >= 0.3 is 6.09 Å². The molecule has 130 valence electrons. The van der Waals surface area contributed by atoms with Gasteiger partial charge in [0.05, 0.1) is 6.61 Å². The zero-order valence-electron chi connectivity index (χ0n) is 15.0. The number of carbonyl (C=O) groups excluding carboxylic acids is 1. The zero-order chi connectivity index (χ0) is 17.2. The summed E-state index contributed by atoms with van der Waals surface area (Å²) >= 11 is 0. The van der Waals surface area contributed by atoms with E-state index in [-0.39, 0.29) is 12.0 Å². The third-order valence-electron chi connectivity index (χ3n) is 2.73. The fourth-order valence-electron chi connectivity index (χ4n) is 1.71. The Morgan fingerprint density at radius 1 is 1.32 bits per heavy atom. The average molecular weight is 316 g/mol. The third kappa shape index (κ3) is 10.3. The highest BCUT2D eigenvalue weighted by Crippen LogP contribution is 2.10. The molecule has 0 aliphatic heterocycles. The molecule has 7 heteroatoms. The van der Waals surface area contributed by atoms with Gasteiger partial charge in [-0.05, 0) is 26.7 Å². The predicted molar refractivity (Wildman–Crippen MR) is 89.3 cm³/mol. The van der Waals surface area contributed by atoms with E-state index < -0.39 is 5.60 Å². The number of amides is 1. The van der Waals surface area contributed by atoms with Crippen LogP contribution < -0.4 is 10.6 Å². The minimum atomic E-state index is -0.472. The molecule has 0 saturated carbocycles. The summed E-state index contributed by atoms with van der Waals surface area (Å²) in [4.78, 5) is 17.6. The van der Waals surface area contributed by atoms with E-state index in [0.717, 1.165) is 5.96 Å². The molecule has 0 fully saturated rings. The van der Waals surface area contributed by atoms with Gasteiger partial charge in [0.25, 0.3) is 0 Å². The smallest absolute Gasteiger partial charge is 0.410 e. The molecule has 0 radical (unpaired) electrons. The molecule has 7 nitrogen and oxygen atoms in total. The third-order valence-corrected chi connectivity index (χ3v) is 2.73. The lowest BCUT2D eigenvalue weighted by atomic mass is 10.1. The molecule has 0 aromatic heterocycles. The fraction of sp³-hybridized carbons (Fsp3) is 0.867. The summed E-state index contributed by atoms with van der Waals surface area (Å²) in [7, 11) is 5.13. The lowest BCUT2D eigenvalue weighted by Crippen LogP contribution is -2.43. The molecule has 1 amide bonds. The van der Waals surface area contributed by atoms with E-state index in [9.17, 15) is 4.79 Å². The van der Waals surface area contributed by atoms with Crippen molar-refractivity contribution in [2.45, 2.75) is 33.3 Å². The van der Waals surface area contributed by atoms with Crippen LogP contribution >= 0.6 is 0 Å². The van der Waals surface area contributed by atoms with E-state index in [0.29, 0.717) is 26.2 Å². The second-order valence-electron chi connectivity index (χ2n) is 6.34. The van der Waals surface area contributed by atoms with Gasteiger partial charge in [-0.15, -0.1) is 0 Å². The molecular formula is C15H32N4O3. The standard InChI is InChI=1S/C15H32N4O3/c1-12(10-18-13(16-5)17-8-9-21-7)11-19(6)14(20)22-15(2,3)4/h12H,8-11H2,1-7H3,(H2,16,17,18). The van der Waals surface area contributed by atoms with Crippen molar-refractivity contribution in [1.82, 2.24) is 15.5 Å². The first kappa shape index (κ1) is 20.5. The Morgan fingerprint density at radius 2 is 1.95 bits per heavy atom. The molecule has 2 N–H and O–H groups in total. The Hall–Kier alpha value is -1.50. The van der Waals surface area contributed by atoms with Crippen molar-refractivity contribution >= 4 is 12.1 Å². The van der Waals surface area contributed by atoms with Gasteiger partial charge in [-0.1, -0.05) is 6.92 Å². The summed E-state index contributed by atoms with van der Waals surface area (Å²) in [5.41, 5.74) is -0.472. The number of ether oxygens (including phenoxy) is 2. The summed E-state index contributed by atoms with van der Waals surface area (Å²) in [6.07, 6.45) is -0.304. The number of nitrogens with one attached hydrogen (secondary N) is 2. The number of nitrogens with zero attached hydrogens (tertiary/aromatic N) is 2. The van der Waals surface area contributed by atoms with Crippen molar-refractivity contribution in [2.24, 2.45) is 10.9 Å². The van der Waals surface area contributed by atoms with Gasteiger partial charge in [-0.3, -0.25) is 4.99 Å². The second-order valence-corrected chi connectivity index (χ2v) is 6.34. The Balaban J connectivity index is 4.11. The van der Waals surface area contributed by atoms with Crippen molar-refractivity contribution in [1.29, 1.82) is 0 Å². The summed E-state index contributed by atoms with van der Waals surface area (Å²) < 4.78 is 10.3. The molecule has 0 aromatic carbocycles. The van der Waals surface area contributed by atoms with Crippen molar-refractivity contribution < 1.29 is 14.3 Å². The normalized spacial score (nSPS) is 13.5. The second kappa shape index (κ2) is 10.3. The van der Waals surface area contributed by atoms with Crippen LogP contribution in [0.1, 0.15) is 27.7 Å². The lowest BCUT2D eigenvalue weighted by molar-refractivity contribution is 0.0278. The number of aliphatic imine (C=N–C) groups is 1. The van der Waals surface area contributed by atoms with Crippen LogP contribution in [0.4, 0.5) is 4.79 Å². The Kier molecular flexibility index (Phi) is 9.56. The van der Waals surface area contributed by atoms with Crippen LogP contribution in [0.5, 0.6) is 0 Å². The fourth-order valence-corrected chi connectivity index (χ4v) is 1.71. The molecule has 0 aliphatic rings. The van der Waals surface area contributed by atoms with Crippen molar-refractivity contribution in [3.8, 4) is 0 Å². The maximum Gasteiger partial charge on any atom is 0.410 e. The van der Waals surface area contributed by atoms with E-state index in [4.69, 9.17) is 9.47 Å². The maximum absolute atomic E-state index is 11.9. The Labute approximate surface area is 134 Å². The first-order valence-electron chi connectivity index (χ1n) is 7.57. The molecule has 22 heavy (non-hydrogen) atoms. The number of carbonyl (C=O) groups is 1. The van der Waals surface area contributed by atoms with Gasteiger partial charge in [0.1, 0.15) is 5.60 Å². The molecule has 1 unspecified atom stereocenters. The van der Waals surface area contributed by atoms with Gasteiger partial charge in [0.2, 0.25) is 0 Å². The number of hydrogen-bond donors (Lipinski definition) is 2. The van der Waals surface area contributed by atoms with E-state index in [1.165, 1.54) is 0 Å². The van der Waals surface area contributed by atoms with Gasteiger partial charge in [-0.25, -0.2) is 4.79 Å². The van der Waals surface area contributed by atoms with E-state index in [1.807, 2.05) is 20.8 Å². The van der Waals surface area contributed by atoms with E-state index in [1.54, 1.807) is 26.1 Å². The van der Waals surface area contributed by atoms with Gasteiger partial charge in [0.15, 0.2) is 5.96 Å². The van der Waals surface area contributed by atoms with Crippen molar-refractivity contribution in [2.75, 3.05) is 47.4 Å². The SMILES string of the molecule is CN=C(NCCOC)NCC(C)CN(C)C(=O)OC(C)(C)C. The largest absolute Gasteiger partial charge is 0.444 e. The van der Waals surface area contributed by atoms with E-state index >= 15 is 0 Å². The number of methoxy groups -OCH3 is 1. The molecular weight excluding hydrogens is 284 g/mol. The highest BCUT2D eigenvalue weighted by Gasteiger charge is 2.20. The highest BCUT2D eigenvalue weighted by atomic mass is 16.6. The first-order chi connectivity index (χ1) is 10.2. The summed E-state index contributed by atoms with van der Waals surface area (Å²) in [6.45, 7) is 10.3. The molecule has 0 heterocycles. The zero-order valence-corrected chi connectivity index (χ0v) is 15.0. The summed E-state index contributed by atoms with van der Waals surface area (Å²) in [5, 5.41) is 6.37. The molecule has 0 bridgehead atoms. The van der Waals surface area contributed by atoms with Crippen LogP contribution in [0.15, 0.2) is 4.99 Å². The van der Waals surface area contributed by atoms with Crippen LogP contribution in [0.25, 0.3) is 0 Å². The summed E-state index contributed by atoms with van der Waals surface area (Å²) in [5.74, 6) is 0.988. The first-order valence-corrected chi connectivity index (χ1v) is 7.57. The topological polar surface area (TPSA) is 75.2 Å². The molecule has 0 aliphatic carbocycles. The van der Waals surface area contributed by atoms with Crippen LogP contribution in [0.3, 0.4) is 0 Å². The van der Waals surface area contributed by atoms with Gasteiger partial charge in [0, 0.05) is 40.8 Å². The molecule has 0 spiro atoms. The Morgan fingerprint density at radius 3 is 2.45 bits per heavy atom. The molecule has 1 atom stereocenters. The number of hydrogen-bond acceptors (Lipinski definition) is 4. The monoisotopic (exact) mass is 316 g/mol.